The smallest absolute Gasteiger partial charge is 0.270 e. The van der Waals surface area contributed by atoms with Crippen LogP contribution in [0.5, 0.6) is 0 Å². The first-order valence-electron chi connectivity index (χ1n) is 8.76. The molecule has 4 rings (SSSR count). The monoisotopic (exact) mass is 431 g/mol. The zero-order valence-corrected chi connectivity index (χ0v) is 16.3. The summed E-state index contributed by atoms with van der Waals surface area (Å²) in [5.41, 5.74) is 3.12. The number of carbonyl (C=O) groups excluding carboxylic acids is 1. The minimum Gasteiger partial charge on any atom is -0.448 e. The predicted molar refractivity (Wildman–Crippen MR) is 107 cm³/mol. The minimum absolute atomic E-state index is 0.0156. The molecule has 0 spiro atoms. The lowest BCUT2D eigenvalue weighted by Crippen LogP contribution is -2.49. The first kappa shape index (κ1) is 17.9. The van der Waals surface area contributed by atoms with Crippen LogP contribution in [0.2, 0.25) is 0 Å². The zero-order chi connectivity index (χ0) is 19.0. The van der Waals surface area contributed by atoms with Gasteiger partial charge in [-0.1, -0.05) is 6.08 Å². The van der Waals surface area contributed by atoms with Crippen LogP contribution in [-0.4, -0.2) is 41.6 Å². The number of allylic oxidation sites excluding steroid dienone is 1. The molecule has 140 valence electrons. The van der Waals surface area contributed by atoms with E-state index in [1.165, 1.54) is 12.1 Å². The van der Waals surface area contributed by atoms with E-state index in [1.54, 1.807) is 24.3 Å². The van der Waals surface area contributed by atoms with E-state index in [1.807, 2.05) is 15.5 Å². The maximum Gasteiger partial charge on any atom is 0.270 e. The number of hydrogen-bond acceptors (Lipinski definition) is 3. The van der Waals surface area contributed by atoms with E-state index < -0.39 is 0 Å². The Morgan fingerprint density at radius 2 is 1.89 bits per heavy atom. The lowest BCUT2D eigenvalue weighted by atomic mass is 10.2. The molecule has 3 heterocycles. The molecular formula is C20H19BrFN3O2. The van der Waals surface area contributed by atoms with Gasteiger partial charge in [0, 0.05) is 50.5 Å². The van der Waals surface area contributed by atoms with Crippen LogP contribution in [0.1, 0.15) is 10.5 Å². The molecule has 1 aliphatic rings. The highest BCUT2D eigenvalue weighted by Gasteiger charge is 2.26. The summed E-state index contributed by atoms with van der Waals surface area (Å²) in [7, 11) is 0. The van der Waals surface area contributed by atoms with Gasteiger partial charge in [-0.05, 0) is 40.2 Å². The second kappa shape index (κ2) is 7.23. The zero-order valence-electron chi connectivity index (χ0n) is 14.7. The van der Waals surface area contributed by atoms with Crippen molar-refractivity contribution in [2.24, 2.45) is 0 Å². The van der Waals surface area contributed by atoms with Crippen molar-refractivity contribution in [3.05, 3.63) is 65.2 Å². The van der Waals surface area contributed by atoms with E-state index >= 15 is 0 Å². The Morgan fingerprint density at radius 3 is 2.56 bits per heavy atom. The summed E-state index contributed by atoms with van der Waals surface area (Å²) in [4.78, 5) is 17.1. The van der Waals surface area contributed by atoms with Crippen LogP contribution in [0.3, 0.4) is 0 Å². The largest absolute Gasteiger partial charge is 0.448 e. The summed E-state index contributed by atoms with van der Waals surface area (Å²) in [5.74, 6) is -0.260. The fourth-order valence-corrected chi connectivity index (χ4v) is 3.89. The van der Waals surface area contributed by atoms with Crippen molar-refractivity contribution in [2.45, 2.75) is 6.54 Å². The highest BCUT2D eigenvalue weighted by molar-refractivity contribution is 9.10. The molecule has 3 aromatic rings. The number of fused-ring (bicyclic) bond motifs is 1. The van der Waals surface area contributed by atoms with Gasteiger partial charge < -0.3 is 18.8 Å². The highest BCUT2D eigenvalue weighted by atomic mass is 79.9. The maximum absolute atomic E-state index is 13.1. The highest BCUT2D eigenvalue weighted by Crippen LogP contribution is 2.28. The Morgan fingerprint density at radius 1 is 1.19 bits per heavy atom. The molecule has 0 saturated carbocycles. The average Bonchev–Trinajstić information content (AvgIpc) is 3.19. The molecule has 0 aliphatic carbocycles. The molecule has 1 fully saturated rings. The van der Waals surface area contributed by atoms with Crippen molar-refractivity contribution in [2.75, 3.05) is 31.1 Å². The van der Waals surface area contributed by atoms with Crippen molar-refractivity contribution in [1.29, 1.82) is 0 Å². The van der Waals surface area contributed by atoms with Gasteiger partial charge in [0.1, 0.15) is 11.5 Å². The van der Waals surface area contributed by atoms with Gasteiger partial charge in [0.25, 0.3) is 5.91 Å². The summed E-state index contributed by atoms with van der Waals surface area (Å²) < 4.78 is 21.3. The van der Waals surface area contributed by atoms with Gasteiger partial charge >= 0.3 is 0 Å². The minimum atomic E-state index is -0.244. The normalized spacial score (nSPS) is 14.7. The lowest BCUT2D eigenvalue weighted by Gasteiger charge is -2.36. The van der Waals surface area contributed by atoms with Gasteiger partial charge in [-0.2, -0.15) is 0 Å². The van der Waals surface area contributed by atoms with E-state index in [0.29, 0.717) is 48.7 Å². The second-order valence-corrected chi connectivity index (χ2v) is 7.27. The number of anilines is 1. The first-order valence-corrected chi connectivity index (χ1v) is 9.55. The van der Waals surface area contributed by atoms with Crippen LogP contribution in [0.15, 0.2) is 58.1 Å². The standard InChI is InChI=1S/C20H19BrFN3O2/c1-2-7-25-16-13-19(21)27-18(16)12-17(25)20(26)24-10-8-23(9-11-24)15-5-3-14(22)4-6-15/h2-6,12-13H,1,7-11H2. The third-order valence-corrected chi connectivity index (χ3v) is 5.24. The van der Waals surface area contributed by atoms with E-state index in [2.05, 4.69) is 27.4 Å². The molecule has 27 heavy (non-hydrogen) atoms. The Labute approximate surface area is 164 Å². The van der Waals surface area contributed by atoms with Gasteiger partial charge in [-0.3, -0.25) is 4.79 Å². The molecule has 0 bridgehead atoms. The quantitative estimate of drug-likeness (QED) is 0.578. The van der Waals surface area contributed by atoms with Crippen molar-refractivity contribution in [1.82, 2.24) is 9.47 Å². The number of nitrogens with zero attached hydrogens (tertiary/aromatic N) is 3. The summed E-state index contributed by atoms with van der Waals surface area (Å²) in [6.45, 7) is 6.97. The van der Waals surface area contributed by atoms with Crippen molar-refractivity contribution in [3.63, 3.8) is 0 Å². The summed E-state index contributed by atoms with van der Waals surface area (Å²) in [6.07, 6.45) is 1.77. The van der Waals surface area contributed by atoms with E-state index in [9.17, 15) is 9.18 Å². The SMILES string of the molecule is C=CCn1c(C(=O)N2CCN(c3ccc(F)cc3)CC2)cc2oc(Br)cc21. The third kappa shape index (κ3) is 3.39. The Hall–Kier alpha value is -2.54. The Kier molecular flexibility index (Phi) is 4.78. The maximum atomic E-state index is 13.1. The number of hydrogen-bond donors (Lipinski definition) is 0. The van der Waals surface area contributed by atoms with Crippen LogP contribution < -0.4 is 4.90 Å². The molecule has 0 N–H and O–H groups in total. The summed E-state index contributed by atoms with van der Waals surface area (Å²) in [5, 5.41) is 0. The molecule has 1 aliphatic heterocycles. The number of furan rings is 1. The first-order chi connectivity index (χ1) is 13.1. The summed E-state index contributed by atoms with van der Waals surface area (Å²) in [6, 6.07) is 10.1. The van der Waals surface area contributed by atoms with Gasteiger partial charge in [0.15, 0.2) is 10.3 Å². The molecule has 0 atom stereocenters. The molecule has 0 radical (unpaired) electrons. The van der Waals surface area contributed by atoms with Crippen LogP contribution in [0.4, 0.5) is 10.1 Å². The number of amides is 1. The number of rotatable bonds is 4. The predicted octanol–water partition coefficient (Wildman–Crippen LogP) is 4.28. The van der Waals surface area contributed by atoms with Crippen LogP contribution >= 0.6 is 15.9 Å². The van der Waals surface area contributed by atoms with Crippen LogP contribution in [0, 0.1) is 5.82 Å². The molecule has 7 heteroatoms. The van der Waals surface area contributed by atoms with Crippen LogP contribution in [0.25, 0.3) is 11.1 Å². The summed E-state index contributed by atoms with van der Waals surface area (Å²) >= 11 is 3.33. The Balaban J connectivity index is 1.51. The molecule has 5 nitrogen and oxygen atoms in total. The van der Waals surface area contributed by atoms with E-state index in [0.717, 1.165) is 11.2 Å². The molecule has 2 aromatic heterocycles. The van der Waals surface area contributed by atoms with Gasteiger partial charge in [-0.25, -0.2) is 4.39 Å². The molecule has 1 amide bonds. The second-order valence-electron chi connectivity index (χ2n) is 6.48. The molecule has 1 aromatic carbocycles. The Bertz CT molecular complexity index is 985. The van der Waals surface area contributed by atoms with E-state index in [4.69, 9.17) is 4.42 Å². The fraction of sp³-hybridized carbons (Fsp3) is 0.250. The molecule has 1 saturated heterocycles. The third-order valence-electron chi connectivity index (χ3n) is 4.85. The van der Waals surface area contributed by atoms with Crippen molar-refractivity contribution >= 4 is 38.6 Å². The number of halogens is 2. The number of aromatic nitrogens is 1. The van der Waals surface area contributed by atoms with Gasteiger partial charge in [0.2, 0.25) is 0 Å². The molecular weight excluding hydrogens is 413 g/mol. The lowest BCUT2D eigenvalue weighted by molar-refractivity contribution is 0.0737. The van der Waals surface area contributed by atoms with Gasteiger partial charge in [-0.15, -0.1) is 6.58 Å². The van der Waals surface area contributed by atoms with Crippen molar-refractivity contribution in [3.8, 4) is 0 Å². The van der Waals surface area contributed by atoms with Crippen LogP contribution in [-0.2, 0) is 6.54 Å². The topological polar surface area (TPSA) is 41.6 Å². The number of piperazine rings is 1. The average molecular weight is 432 g/mol. The molecule has 0 unspecified atom stereocenters. The fourth-order valence-electron chi connectivity index (χ4n) is 3.50. The van der Waals surface area contributed by atoms with Crippen molar-refractivity contribution < 1.29 is 13.6 Å². The number of carbonyl (C=O) groups is 1. The number of benzene rings is 1. The van der Waals surface area contributed by atoms with Gasteiger partial charge in [0.05, 0.1) is 5.52 Å². The van der Waals surface area contributed by atoms with E-state index in [-0.39, 0.29) is 11.7 Å².